The summed E-state index contributed by atoms with van der Waals surface area (Å²) in [5.41, 5.74) is 5.99. The zero-order chi connectivity index (χ0) is 14.8. The van der Waals surface area contributed by atoms with Crippen LogP contribution in [-0.2, 0) is 9.84 Å². The van der Waals surface area contributed by atoms with E-state index in [-0.39, 0.29) is 22.2 Å². The number of anilines is 1. The third-order valence-corrected chi connectivity index (χ3v) is 6.85. The number of sulfone groups is 1. The molecular weight excluding hydrogens is 304 g/mol. The summed E-state index contributed by atoms with van der Waals surface area (Å²) in [4.78, 5) is 13.8. The van der Waals surface area contributed by atoms with Gasteiger partial charge in [0.2, 0.25) is 0 Å². The van der Waals surface area contributed by atoms with Crippen molar-refractivity contribution in [1.29, 1.82) is 0 Å². The van der Waals surface area contributed by atoms with Gasteiger partial charge in [0, 0.05) is 14.1 Å². The molecule has 0 saturated carbocycles. The quantitative estimate of drug-likeness (QED) is 0.838. The molecule has 5 nitrogen and oxygen atoms in total. The maximum Gasteiger partial charge on any atom is 0.265 e. The van der Waals surface area contributed by atoms with Gasteiger partial charge in [-0.25, -0.2) is 8.42 Å². The summed E-state index contributed by atoms with van der Waals surface area (Å²) in [5, 5.41) is 0. The molecule has 8 heteroatoms. The average Bonchev–Trinajstić information content (AvgIpc) is 2.66. The number of carbonyl (C=O) groups is 1. The van der Waals surface area contributed by atoms with Crippen molar-refractivity contribution in [2.75, 3.05) is 31.3 Å². The van der Waals surface area contributed by atoms with Gasteiger partial charge in [0.05, 0.1) is 15.6 Å². The molecule has 108 valence electrons. The minimum atomic E-state index is -3.43. The van der Waals surface area contributed by atoms with Crippen LogP contribution in [0.3, 0.4) is 0 Å². The second-order valence-electron chi connectivity index (χ2n) is 4.00. The Kier molecular flexibility index (Phi) is 5.28. The lowest BCUT2D eigenvalue weighted by molar-refractivity contribution is 0.0833. The molecule has 0 unspecified atom stereocenters. The molecule has 0 fully saturated rings. The summed E-state index contributed by atoms with van der Waals surface area (Å²) in [5.74, 6) is 0.431. The Morgan fingerprint density at radius 1 is 1.37 bits per heavy atom. The molecule has 1 aromatic rings. The van der Waals surface area contributed by atoms with Crippen LogP contribution in [0, 0.1) is 0 Å². The van der Waals surface area contributed by atoms with E-state index >= 15 is 0 Å². The second-order valence-corrected chi connectivity index (χ2v) is 8.77. The molecule has 19 heavy (non-hydrogen) atoms. The maximum absolute atomic E-state index is 12.1. The van der Waals surface area contributed by atoms with E-state index in [4.69, 9.17) is 5.73 Å². The van der Waals surface area contributed by atoms with Gasteiger partial charge in [-0.05, 0) is 5.75 Å². The molecule has 2 N–H and O–H groups in total. The van der Waals surface area contributed by atoms with Gasteiger partial charge in [0.1, 0.15) is 9.77 Å². The number of amides is 1. The molecule has 0 spiro atoms. The molecule has 0 bridgehead atoms. The van der Waals surface area contributed by atoms with Crippen molar-refractivity contribution >= 4 is 44.5 Å². The van der Waals surface area contributed by atoms with Crippen molar-refractivity contribution in [1.82, 2.24) is 4.90 Å². The largest absolute Gasteiger partial charge is 0.396 e. The van der Waals surface area contributed by atoms with Crippen LogP contribution in [0.1, 0.15) is 23.5 Å². The minimum Gasteiger partial charge on any atom is -0.396 e. The van der Waals surface area contributed by atoms with Crippen LogP contribution in [0.4, 0.5) is 5.69 Å². The lowest BCUT2D eigenvalue weighted by Gasteiger charge is -2.09. The van der Waals surface area contributed by atoms with E-state index in [1.54, 1.807) is 21.0 Å². The second kappa shape index (κ2) is 6.15. The molecule has 0 atom stereocenters. The highest BCUT2D eigenvalue weighted by atomic mass is 32.2. The van der Waals surface area contributed by atoms with Crippen LogP contribution in [-0.4, -0.2) is 44.8 Å². The molecule has 0 aliphatic heterocycles. The van der Waals surface area contributed by atoms with Crippen LogP contribution in [0.2, 0.25) is 0 Å². The number of rotatable bonds is 5. The Morgan fingerprint density at radius 3 is 2.37 bits per heavy atom. The van der Waals surface area contributed by atoms with E-state index in [1.807, 2.05) is 6.92 Å². The molecule has 0 aliphatic carbocycles. The van der Waals surface area contributed by atoms with E-state index in [0.29, 0.717) is 9.09 Å². The van der Waals surface area contributed by atoms with E-state index < -0.39 is 9.84 Å². The fraction of sp³-hybridized carbons (Fsp3) is 0.545. The van der Waals surface area contributed by atoms with Crippen LogP contribution in [0.5, 0.6) is 0 Å². The first kappa shape index (κ1) is 16.3. The first-order valence-electron chi connectivity index (χ1n) is 5.75. The van der Waals surface area contributed by atoms with Crippen molar-refractivity contribution < 1.29 is 13.2 Å². The fourth-order valence-corrected chi connectivity index (χ4v) is 5.75. The Hall–Kier alpha value is -0.730. The number of nitrogens with two attached hydrogens (primary N) is 1. The number of thioether (sulfide) groups is 1. The van der Waals surface area contributed by atoms with Gasteiger partial charge in [0.25, 0.3) is 5.91 Å². The average molecular weight is 322 g/mol. The summed E-state index contributed by atoms with van der Waals surface area (Å²) >= 11 is 2.55. The predicted molar refractivity (Wildman–Crippen MR) is 80.9 cm³/mol. The molecule has 0 radical (unpaired) electrons. The van der Waals surface area contributed by atoms with Crippen LogP contribution >= 0.6 is 23.1 Å². The van der Waals surface area contributed by atoms with Crippen LogP contribution < -0.4 is 5.73 Å². The number of hydrogen-bond donors (Lipinski definition) is 1. The Morgan fingerprint density at radius 2 is 1.95 bits per heavy atom. The lowest BCUT2D eigenvalue weighted by atomic mass is 10.3. The number of carbonyl (C=O) groups excluding carboxylic acids is 1. The summed E-state index contributed by atoms with van der Waals surface area (Å²) in [6.45, 7) is 3.50. The number of nitrogens with zero attached hydrogens (tertiary/aromatic N) is 1. The maximum atomic E-state index is 12.1. The number of hydrogen-bond acceptors (Lipinski definition) is 6. The topological polar surface area (TPSA) is 80.5 Å². The van der Waals surface area contributed by atoms with Gasteiger partial charge in [-0.15, -0.1) is 23.1 Å². The number of thiophene rings is 1. The predicted octanol–water partition coefficient (Wildman–Crippen LogP) is 1.94. The molecule has 0 saturated heterocycles. The highest BCUT2D eigenvalue weighted by Gasteiger charge is 2.29. The van der Waals surface area contributed by atoms with Crippen molar-refractivity contribution in [3.63, 3.8) is 0 Å². The van der Waals surface area contributed by atoms with E-state index in [1.165, 1.54) is 16.7 Å². The Balaban J connectivity index is 3.50. The molecule has 1 rings (SSSR count). The molecular formula is C11H18N2O3S3. The zero-order valence-electron chi connectivity index (χ0n) is 11.4. The van der Waals surface area contributed by atoms with Gasteiger partial charge in [0.15, 0.2) is 9.84 Å². The van der Waals surface area contributed by atoms with Crippen LogP contribution in [0.15, 0.2) is 9.10 Å². The van der Waals surface area contributed by atoms with Crippen molar-refractivity contribution in [3.05, 3.63) is 4.88 Å². The van der Waals surface area contributed by atoms with Crippen LogP contribution in [0.25, 0.3) is 0 Å². The Bertz CT molecular complexity index is 576. The summed E-state index contributed by atoms with van der Waals surface area (Å²) < 4.78 is 24.8. The highest BCUT2D eigenvalue weighted by Crippen LogP contribution is 2.41. The van der Waals surface area contributed by atoms with E-state index in [0.717, 1.165) is 17.1 Å². The lowest BCUT2D eigenvalue weighted by Crippen LogP contribution is -2.21. The normalized spacial score (nSPS) is 11.6. The molecule has 1 amide bonds. The first-order valence-corrected chi connectivity index (χ1v) is 9.21. The molecule has 0 aromatic carbocycles. The molecule has 1 heterocycles. The van der Waals surface area contributed by atoms with Gasteiger partial charge in [-0.2, -0.15) is 0 Å². The zero-order valence-corrected chi connectivity index (χ0v) is 13.8. The SMILES string of the molecule is CCSc1sc(C(=O)N(C)C)c(N)c1S(=O)(=O)CC. The smallest absolute Gasteiger partial charge is 0.265 e. The molecule has 1 aromatic heterocycles. The standard InChI is InChI=1S/C11H18N2O3S3/c1-5-17-11-9(19(15,16)6-2)7(12)8(18-11)10(14)13(3)4/h5-6,12H2,1-4H3. The number of nitrogen functional groups attached to an aromatic ring is 1. The fourth-order valence-electron chi connectivity index (χ4n) is 1.43. The summed E-state index contributed by atoms with van der Waals surface area (Å²) in [6, 6.07) is 0. The minimum absolute atomic E-state index is 0.0270. The van der Waals surface area contributed by atoms with Crippen molar-refractivity contribution in [2.24, 2.45) is 0 Å². The summed E-state index contributed by atoms with van der Waals surface area (Å²) in [6.07, 6.45) is 0. The Labute approximate surface area is 122 Å². The molecule has 0 aliphatic rings. The third kappa shape index (κ3) is 3.24. The van der Waals surface area contributed by atoms with Gasteiger partial charge in [-0.3, -0.25) is 4.79 Å². The third-order valence-electron chi connectivity index (χ3n) is 2.44. The van der Waals surface area contributed by atoms with Crippen molar-refractivity contribution in [2.45, 2.75) is 23.0 Å². The van der Waals surface area contributed by atoms with E-state index in [9.17, 15) is 13.2 Å². The van der Waals surface area contributed by atoms with Gasteiger partial charge in [-0.1, -0.05) is 13.8 Å². The first-order chi connectivity index (χ1) is 8.76. The highest BCUT2D eigenvalue weighted by molar-refractivity contribution is 8.02. The van der Waals surface area contributed by atoms with Crippen molar-refractivity contribution in [3.8, 4) is 0 Å². The monoisotopic (exact) mass is 322 g/mol. The van der Waals surface area contributed by atoms with Gasteiger partial charge < -0.3 is 10.6 Å². The van der Waals surface area contributed by atoms with Gasteiger partial charge >= 0.3 is 0 Å². The summed E-state index contributed by atoms with van der Waals surface area (Å²) in [7, 11) is -0.200. The van der Waals surface area contributed by atoms with E-state index in [2.05, 4.69) is 0 Å².